The van der Waals surface area contributed by atoms with E-state index >= 15 is 0 Å². The molecule has 0 bridgehead atoms. The van der Waals surface area contributed by atoms with Gasteiger partial charge in [-0.1, -0.05) is 45.0 Å². The van der Waals surface area contributed by atoms with Crippen LogP contribution in [0, 0.1) is 6.92 Å². The van der Waals surface area contributed by atoms with Gasteiger partial charge in [-0.3, -0.25) is 14.4 Å². The average Bonchev–Trinajstić information content (AvgIpc) is 3.02. The Morgan fingerprint density at radius 3 is 2.18 bits per heavy atom. The van der Waals surface area contributed by atoms with Gasteiger partial charge in [-0.2, -0.15) is 0 Å². The number of amides is 3. The molecule has 1 fully saturated rings. The lowest BCUT2D eigenvalue weighted by Crippen LogP contribution is -2.53. The van der Waals surface area contributed by atoms with Crippen molar-refractivity contribution in [2.75, 3.05) is 44.0 Å². The minimum atomic E-state index is -0.738. The average molecular weight is 596 g/mol. The summed E-state index contributed by atoms with van der Waals surface area (Å²) in [5.74, 6) is -0.354. The van der Waals surface area contributed by atoms with Crippen molar-refractivity contribution in [3.63, 3.8) is 0 Å². The van der Waals surface area contributed by atoms with E-state index in [2.05, 4.69) is 36.7 Å². The van der Waals surface area contributed by atoms with Gasteiger partial charge in [-0.15, -0.1) is 0 Å². The van der Waals surface area contributed by atoms with E-state index in [-0.39, 0.29) is 23.1 Å². The van der Waals surface area contributed by atoms with Crippen molar-refractivity contribution in [2.24, 2.45) is 0 Å². The number of allylic oxidation sites excluding steroid dienone is 1. The number of morpholine rings is 1. The summed E-state index contributed by atoms with van der Waals surface area (Å²) in [6.07, 6.45) is -0.738. The SMILES string of the molecule is CC1=C(c2cccc(NC(=O)c3ccc(C(C)(C)C)cc3)c2C)NC(Nc2ccc(C(=O)N3CCOCC3)cc2)C(=O)N1C. The number of carbonyl (C=O) groups excluding carboxylic acids is 3. The molecule has 0 saturated carbocycles. The molecule has 2 aliphatic rings. The maximum atomic E-state index is 13.3. The Labute approximate surface area is 259 Å². The second-order valence-corrected chi connectivity index (χ2v) is 12.3. The predicted octanol–water partition coefficient (Wildman–Crippen LogP) is 5.21. The van der Waals surface area contributed by atoms with Gasteiger partial charge >= 0.3 is 0 Å². The fourth-order valence-corrected chi connectivity index (χ4v) is 5.39. The second kappa shape index (κ2) is 12.5. The van der Waals surface area contributed by atoms with E-state index in [1.165, 1.54) is 0 Å². The third kappa shape index (κ3) is 6.48. The molecule has 3 aromatic rings. The Balaban J connectivity index is 1.32. The normalized spacial score (nSPS) is 17.3. The van der Waals surface area contributed by atoms with Crippen LogP contribution in [0.2, 0.25) is 0 Å². The van der Waals surface area contributed by atoms with Crippen molar-refractivity contribution in [3.8, 4) is 0 Å². The Hall–Kier alpha value is -4.63. The molecule has 9 nitrogen and oxygen atoms in total. The van der Waals surface area contributed by atoms with Crippen molar-refractivity contribution < 1.29 is 19.1 Å². The number of rotatable bonds is 6. The number of benzene rings is 3. The number of carbonyl (C=O) groups is 3. The molecule has 0 spiro atoms. The van der Waals surface area contributed by atoms with Crippen molar-refractivity contribution in [1.82, 2.24) is 15.1 Å². The molecule has 2 aliphatic heterocycles. The van der Waals surface area contributed by atoms with Crippen LogP contribution in [-0.2, 0) is 14.9 Å². The van der Waals surface area contributed by atoms with Crippen molar-refractivity contribution in [2.45, 2.75) is 46.2 Å². The number of nitrogens with zero attached hydrogens (tertiary/aromatic N) is 2. The third-order valence-electron chi connectivity index (χ3n) is 8.34. The molecule has 44 heavy (non-hydrogen) atoms. The lowest BCUT2D eigenvalue weighted by Gasteiger charge is -2.35. The minimum Gasteiger partial charge on any atom is -0.378 e. The quantitative estimate of drug-likeness (QED) is 0.362. The van der Waals surface area contributed by atoms with E-state index in [1.807, 2.05) is 68.4 Å². The molecule has 5 rings (SSSR count). The van der Waals surface area contributed by atoms with Gasteiger partial charge in [0.05, 0.1) is 18.9 Å². The third-order valence-corrected chi connectivity index (χ3v) is 8.34. The first-order valence-electron chi connectivity index (χ1n) is 14.9. The fourth-order valence-electron chi connectivity index (χ4n) is 5.39. The highest BCUT2D eigenvalue weighted by Gasteiger charge is 2.32. The van der Waals surface area contributed by atoms with E-state index in [0.29, 0.717) is 48.8 Å². The van der Waals surface area contributed by atoms with Gasteiger partial charge < -0.3 is 30.5 Å². The highest BCUT2D eigenvalue weighted by molar-refractivity contribution is 6.05. The number of hydrogen-bond donors (Lipinski definition) is 3. The summed E-state index contributed by atoms with van der Waals surface area (Å²) in [5.41, 5.74) is 7.05. The predicted molar refractivity (Wildman–Crippen MR) is 173 cm³/mol. The molecule has 230 valence electrons. The van der Waals surface area contributed by atoms with E-state index in [1.54, 1.807) is 29.0 Å². The molecule has 1 atom stereocenters. The van der Waals surface area contributed by atoms with E-state index in [4.69, 9.17) is 4.74 Å². The minimum absolute atomic E-state index is 0.00526. The largest absolute Gasteiger partial charge is 0.378 e. The van der Waals surface area contributed by atoms with E-state index in [9.17, 15) is 14.4 Å². The topological polar surface area (TPSA) is 103 Å². The van der Waals surface area contributed by atoms with Gasteiger partial charge in [0.15, 0.2) is 6.17 Å². The monoisotopic (exact) mass is 595 g/mol. The first kappa shape index (κ1) is 30.8. The summed E-state index contributed by atoms with van der Waals surface area (Å²) in [5, 5.41) is 9.73. The zero-order valence-electron chi connectivity index (χ0n) is 26.3. The van der Waals surface area contributed by atoms with Crippen LogP contribution in [0.1, 0.15) is 65.1 Å². The lowest BCUT2D eigenvalue weighted by molar-refractivity contribution is -0.129. The van der Waals surface area contributed by atoms with Crippen LogP contribution in [0.15, 0.2) is 72.4 Å². The van der Waals surface area contributed by atoms with Gasteiger partial charge in [0.1, 0.15) is 0 Å². The van der Waals surface area contributed by atoms with Gasteiger partial charge in [-0.25, -0.2) is 0 Å². The molecular weight excluding hydrogens is 554 g/mol. The number of anilines is 2. The van der Waals surface area contributed by atoms with Crippen LogP contribution in [0.25, 0.3) is 5.70 Å². The molecule has 0 aromatic heterocycles. The van der Waals surface area contributed by atoms with Crippen LogP contribution in [0.5, 0.6) is 0 Å². The fraction of sp³-hybridized carbons (Fsp3) is 0.343. The molecule has 2 heterocycles. The van der Waals surface area contributed by atoms with E-state index < -0.39 is 6.17 Å². The molecule has 1 saturated heterocycles. The smallest absolute Gasteiger partial charge is 0.269 e. The molecule has 9 heteroatoms. The summed E-state index contributed by atoms with van der Waals surface area (Å²) in [7, 11) is 1.75. The molecule has 3 N–H and O–H groups in total. The molecular formula is C35H41N5O4. The van der Waals surface area contributed by atoms with Crippen LogP contribution < -0.4 is 16.0 Å². The summed E-state index contributed by atoms with van der Waals surface area (Å²) in [6.45, 7) is 12.5. The first-order chi connectivity index (χ1) is 20.9. The molecule has 1 unspecified atom stereocenters. The van der Waals surface area contributed by atoms with Gasteiger partial charge in [0.2, 0.25) is 0 Å². The highest BCUT2D eigenvalue weighted by Crippen LogP contribution is 2.30. The van der Waals surface area contributed by atoms with Crippen LogP contribution in [0.3, 0.4) is 0 Å². The zero-order chi connectivity index (χ0) is 31.6. The number of nitrogens with one attached hydrogen (secondary N) is 3. The standard InChI is InChI=1S/C35H41N5O4/c1-22-28(8-7-9-29(22)37-32(41)24-10-14-26(15-11-24)35(3,4)5)30-23(2)39(6)34(43)31(38-30)36-27-16-12-25(13-17-27)33(42)40-18-20-44-21-19-40/h7-17,31,36,38H,18-21H2,1-6H3,(H,37,41). The van der Waals surface area contributed by atoms with Crippen molar-refractivity contribution in [3.05, 3.63) is 100 Å². The summed E-state index contributed by atoms with van der Waals surface area (Å²) >= 11 is 0. The van der Waals surface area contributed by atoms with Crippen LogP contribution in [0.4, 0.5) is 11.4 Å². The maximum absolute atomic E-state index is 13.3. The lowest BCUT2D eigenvalue weighted by atomic mass is 9.86. The number of hydrogen-bond acceptors (Lipinski definition) is 6. The first-order valence-corrected chi connectivity index (χ1v) is 14.9. The second-order valence-electron chi connectivity index (χ2n) is 12.3. The van der Waals surface area contributed by atoms with Crippen molar-refractivity contribution >= 4 is 34.8 Å². The van der Waals surface area contributed by atoms with Crippen LogP contribution >= 0.6 is 0 Å². The summed E-state index contributed by atoms with van der Waals surface area (Å²) < 4.78 is 5.35. The Morgan fingerprint density at radius 1 is 0.909 bits per heavy atom. The highest BCUT2D eigenvalue weighted by atomic mass is 16.5. The Bertz CT molecular complexity index is 1580. The van der Waals surface area contributed by atoms with Gasteiger partial charge in [0.25, 0.3) is 17.7 Å². The van der Waals surface area contributed by atoms with Gasteiger partial charge in [0, 0.05) is 53.9 Å². The number of ether oxygens (including phenoxy) is 1. The van der Waals surface area contributed by atoms with E-state index in [0.717, 1.165) is 28.1 Å². The molecule has 0 radical (unpaired) electrons. The summed E-state index contributed by atoms with van der Waals surface area (Å²) in [6, 6.07) is 20.6. The van der Waals surface area contributed by atoms with Crippen molar-refractivity contribution in [1.29, 1.82) is 0 Å². The Morgan fingerprint density at radius 2 is 1.55 bits per heavy atom. The van der Waals surface area contributed by atoms with Crippen LogP contribution in [-0.4, -0.2) is 67.0 Å². The number of likely N-dealkylation sites (N-methyl/N-ethyl adjacent to an activating group) is 1. The maximum Gasteiger partial charge on any atom is 0.269 e. The van der Waals surface area contributed by atoms with Gasteiger partial charge in [-0.05, 0) is 72.9 Å². The molecule has 3 aromatic carbocycles. The molecule has 0 aliphatic carbocycles. The zero-order valence-corrected chi connectivity index (χ0v) is 26.3. The summed E-state index contributed by atoms with van der Waals surface area (Å²) in [4.78, 5) is 42.7. The Kier molecular flexibility index (Phi) is 8.78. The molecule has 3 amide bonds.